The Bertz CT molecular complexity index is 388. The van der Waals surface area contributed by atoms with E-state index in [-0.39, 0.29) is 22.2 Å². The highest BCUT2D eigenvalue weighted by Gasteiger charge is 2.17. The molecule has 74 valence electrons. The maximum absolute atomic E-state index is 12.4. The van der Waals surface area contributed by atoms with E-state index in [1.54, 1.807) is 6.07 Å². The number of hydrogen-bond acceptors (Lipinski definition) is 2. The predicted molar refractivity (Wildman–Crippen MR) is 48.5 cm³/mol. The van der Waals surface area contributed by atoms with E-state index in [1.807, 2.05) is 0 Å². The number of pyridine rings is 1. The fourth-order valence-corrected chi connectivity index (χ4v) is 1.32. The summed E-state index contributed by atoms with van der Waals surface area (Å²) in [5.74, 6) is -0.126. The standard InChI is InChI=1S/C8H4Cl2F2N2/c9-2-4-1-5(3-13)7(10)14-6(4)8(11)12/h1,8H,2H2. The van der Waals surface area contributed by atoms with Gasteiger partial charge >= 0.3 is 0 Å². The van der Waals surface area contributed by atoms with Crippen molar-refractivity contribution in [2.24, 2.45) is 0 Å². The van der Waals surface area contributed by atoms with Crippen LogP contribution in [-0.4, -0.2) is 4.98 Å². The minimum atomic E-state index is -2.74. The van der Waals surface area contributed by atoms with Gasteiger partial charge in [-0.05, 0) is 11.6 Å². The molecular weight excluding hydrogens is 233 g/mol. The molecule has 0 aliphatic carbocycles. The molecule has 0 spiro atoms. The Labute approximate surface area is 89.1 Å². The second-order valence-electron chi connectivity index (χ2n) is 2.42. The molecule has 0 saturated heterocycles. The summed E-state index contributed by atoms with van der Waals surface area (Å²) in [5, 5.41) is 8.34. The van der Waals surface area contributed by atoms with Crippen molar-refractivity contribution in [3.8, 4) is 6.07 Å². The third-order valence-corrected chi connectivity index (χ3v) is 2.14. The van der Waals surface area contributed by atoms with Crippen molar-refractivity contribution in [3.63, 3.8) is 0 Å². The van der Waals surface area contributed by atoms with Crippen molar-refractivity contribution in [2.45, 2.75) is 12.3 Å². The summed E-state index contributed by atoms with van der Waals surface area (Å²) in [7, 11) is 0. The van der Waals surface area contributed by atoms with Crippen molar-refractivity contribution < 1.29 is 8.78 Å². The number of rotatable bonds is 2. The van der Waals surface area contributed by atoms with E-state index in [0.29, 0.717) is 0 Å². The van der Waals surface area contributed by atoms with E-state index in [1.165, 1.54) is 6.07 Å². The van der Waals surface area contributed by atoms with Gasteiger partial charge in [0.05, 0.1) is 5.56 Å². The molecule has 0 atom stereocenters. The molecule has 1 aromatic heterocycles. The maximum atomic E-state index is 12.4. The highest BCUT2D eigenvalue weighted by molar-refractivity contribution is 6.30. The number of nitriles is 1. The molecule has 1 rings (SSSR count). The summed E-state index contributed by atoms with van der Waals surface area (Å²) in [6.07, 6.45) is -2.74. The Morgan fingerprint density at radius 1 is 1.57 bits per heavy atom. The summed E-state index contributed by atoms with van der Waals surface area (Å²) in [5.41, 5.74) is -0.293. The second kappa shape index (κ2) is 4.54. The molecule has 0 unspecified atom stereocenters. The van der Waals surface area contributed by atoms with Gasteiger partial charge in [-0.2, -0.15) is 5.26 Å². The van der Waals surface area contributed by atoms with E-state index in [2.05, 4.69) is 4.98 Å². The number of aromatic nitrogens is 1. The first-order valence-corrected chi connectivity index (χ1v) is 4.45. The first-order chi connectivity index (χ1) is 6.60. The van der Waals surface area contributed by atoms with Crippen molar-refractivity contribution in [1.29, 1.82) is 5.26 Å². The van der Waals surface area contributed by atoms with Crippen LogP contribution < -0.4 is 0 Å². The van der Waals surface area contributed by atoms with Gasteiger partial charge in [0.15, 0.2) is 0 Å². The highest BCUT2D eigenvalue weighted by Crippen LogP contribution is 2.26. The quantitative estimate of drug-likeness (QED) is 0.584. The minimum Gasteiger partial charge on any atom is -0.233 e. The van der Waals surface area contributed by atoms with Gasteiger partial charge < -0.3 is 0 Å². The van der Waals surface area contributed by atoms with Crippen molar-refractivity contribution in [1.82, 2.24) is 4.98 Å². The molecule has 0 aliphatic heterocycles. The zero-order valence-corrected chi connectivity index (χ0v) is 8.28. The van der Waals surface area contributed by atoms with Crippen LogP contribution in [0, 0.1) is 11.3 Å². The molecule has 0 aromatic carbocycles. The number of nitrogens with zero attached hydrogens (tertiary/aromatic N) is 2. The van der Waals surface area contributed by atoms with Crippen LogP contribution in [0.3, 0.4) is 0 Å². The Hall–Kier alpha value is -0.920. The third-order valence-electron chi connectivity index (χ3n) is 1.56. The van der Waals surface area contributed by atoms with E-state index < -0.39 is 12.1 Å². The molecule has 0 saturated carbocycles. The summed E-state index contributed by atoms with van der Waals surface area (Å²) >= 11 is 10.9. The molecule has 1 heterocycles. The van der Waals surface area contributed by atoms with Crippen LogP contribution >= 0.6 is 23.2 Å². The lowest BCUT2D eigenvalue weighted by Gasteiger charge is -2.06. The average Bonchev–Trinajstić information content (AvgIpc) is 2.17. The molecule has 0 aliphatic rings. The molecule has 0 radical (unpaired) electrons. The summed E-state index contributed by atoms with van der Waals surface area (Å²) in [4.78, 5) is 3.42. The van der Waals surface area contributed by atoms with E-state index in [0.717, 1.165) is 0 Å². The Balaban J connectivity index is 3.33. The van der Waals surface area contributed by atoms with Gasteiger partial charge in [-0.25, -0.2) is 13.8 Å². The fourth-order valence-electron chi connectivity index (χ4n) is 0.920. The van der Waals surface area contributed by atoms with Crippen LogP contribution in [-0.2, 0) is 5.88 Å². The molecule has 2 nitrogen and oxygen atoms in total. The largest absolute Gasteiger partial charge is 0.280 e. The van der Waals surface area contributed by atoms with Gasteiger partial charge in [0, 0.05) is 5.88 Å². The first kappa shape index (κ1) is 11.2. The molecule has 6 heteroatoms. The molecule has 0 N–H and O–H groups in total. The lowest BCUT2D eigenvalue weighted by molar-refractivity contribution is 0.145. The van der Waals surface area contributed by atoms with Crippen molar-refractivity contribution >= 4 is 23.2 Å². The summed E-state index contributed by atoms with van der Waals surface area (Å²) < 4.78 is 24.7. The average molecular weight is 237 g/mol. The van der Waals surface area contributed by atoms with Gasteiger partial charge in [0.25, 0.3) is 6.43 Å². The molecule has 0 amide bonds. The lowest BCUT2D eigenvalue weighted by atomic mass is 10.1. The van der Waals surface area contributed by atoms with Gasteiger partial charge in [0.2, 0.25) is 0 Å². The monoisotopic (exact) mass is 236 g/mol. The van der Waals surface area contributed by atoms with Gasteiger partial charge in [-0.3, -0.25) is 0 Å². The zero-order valence-electron chi connectivity index (χ0n) is 6.77. The third kappa shape index (κ3) is 2.11. The first-order valence-electron chi connectivity index (χ1n) is 3.53. The van der Waals surface area contributed by atoms with Crippen LogP contribution in [0.2, 0.25) is 5.15 Å². The molecule has 0 fully saturated rings. The Kier molecular flexibility index (Phi) is 3.62. The summed E-state index contributed by atoms with van der Waals surface area (Å²) in [6.45, 7) is 0. The number of halogens is 4. The Morgan fingerprint density at radius 2 is 2.21 bits per heavy atom. The van der Waals surface area contributed by atoms with Crippen molar-refractivity contribution in [3.05, 3.63) is 28.0 Å². The van der Waals surface area contributed by atoms with Crippen molar-refractivity contribution in [2.75, 3.05) is 0 Å². The van der Waals surface area contributed by atoms with E-state index in [9.17, 15) is 8.78 Å². The molecule has 1 aromatic rings. The minimum absolute atomic E-state index is 0.0479. The maximum Gasteiger partial charge on any atom is 0.280 e. The van der Waals surface area contributed by atoms with Gasteiger partial charge in [0.1, 0.15) is 16.9 Å². The topological polar surface area (TPSA) is 36.7 Å². The smallest absolute Gasteiger partial charge is 0.233 e. The predicted octanol–water partition coefficient (Wildman–Crippen LogP) is 3.28. The molecular formula is C8H4Cl2F2N2. The van der Waals surface area contributed by atoms with E-state index >= 15 is 0 Å². The number of hydrogen-bond donors (Lipinski definition) is 0. The van der Waals surface area contributed by atoms with Crippen LogP contribution in [0.15, 0.2) is 6.07 Å². The van der Waals surface area contributed by atoms with E-state index in [4.69, 9.17) is 28.5 Å². The second-order valence-corrected chi connectivity index (χ2v) is 3.04. The SMILES string of the molecule is N#Cc1cc(CCl)c(C(F)F)nc1Cl. The van der Waals surface area contributed by atoms with Crippen LogP contribution in [0.1, 0.15) is 23.2 Å². The van der Waals surface area contributed by atoms with Gasteiger partial charge in [-0.15, -0.1) is 11.6 Å². The van der Waals surface area contributed by atoms with Crippen LogP contribution in [0.5, 0.6) is 0 Å². The Morgan fingerprint density at radius 3 is 2.64 bits per heavy atom. The van der Waals surface area contributed by atoms with Crippen LogP contribution in [0.25, 0.3) is 0 Å². The number of alkyl halides is 3. The normalized spacial score (nSPS) is 10.3. The lowest BCUT2D eigenvalue weighted by Crippen LogP contribution is -1.99. The highest BCUT2D eigenvalue weighted by atomic mass is 35.5. The summed E-state index contributed by atoms with van der Waals surface area (Å²) in [6, 6.07) is 2.96. The fraction of sp³-hybridized carbons (Fsp3) is 0.250. The molecule has 0 bridgehead atoms. The van der Waals surface area contributed by atoms with Gasteiger partial charge in [-0.1, -0.05) is 11.6 Å². The van der Waals surface area contributed by atoms with Crippen LogP contribution in [0.4, 0.5) is 8.78 Å². The molecule has 14 heavy (non-hydrogen) atoms. The zero-order chi connectivity index (χ0) is 10.7.